The minimum Gasteiger partial charge on any atom is -0.370 e. The summed E-state index contributed by atoms with van der Waals surface area (Å²) in [7, 11) is -3.43. The molecule has 0 bridgehead atoms. The summed E-state index contributed by atoms with van der Waals surface area (Å²) in [6.45, 7) is 12.2. The van der Waals surface area contributed by atoms with E-state index in [1.807, 2.05) is 32.9 Å². The summed E-state index contributed by atoms with van der Waals surface area (Å²) in [5.41, 5.74) is 0.987. The molecule has 1 aliphatic rings. The van der Waals surface area contributed by atoms with Crippen LogP contribution < -0.4 is 15.5 Å². The number of nitrogens with zero attached hydrogens (tertiary/aromatic N) is 1. The van der Waals surface area contributed by atoms with Gasteiger partial charge in [-0.15, -0.1) is 0 Å². The van der Waals surface area contributed by atoms with E-state index in [0.29, 0.717) is 23.1 Å². The van der Waals surface area contributed by atoms with Gasteiger partial charge in [0.1, 0.15) is 13.1 Å². The van der Waals surface area contributed by atoms with Crippen LogP contribution in [-0.2, 0) is 14.8 Å². The Hall–Kier alpha value is -1.26. The Morgan fingerprint density at radius 2 is 1.82 bits per heavy atom. The molecule has 0 unspecified atom stereocenters. The van der Waals surface area contributed by atoms with Crippen LogP contribution in [0.25, 0.3) is 0 Å². The first-order valence-corrected chi connectivity index (χ1v) is 11.8. The topological polar surface area (TPSA) is 75.1 Å². The van der Waals surface area contributed by atoms with Gasteiger partial charge >= 0.3 is 0 Å². The molecule has 1 atom stereocenters. The van der Waals surface area contributed by atoms with Crippen molar-refractivity contribution in [3.8, 4) is 0 Å². The van der Waals surface area contributed by atoms with Gasteiger partial charge in [-0.25, -0.2) is 8.42 Å². The maximum Gasteiger partial charge on any atom is 0.243 e. The molecule has 1 aromatic rings. The molecule has 0 aliphatic carbocycles. The van der Waals surface area contributed by atoms with Crippen molar-refractivity contribution in [2.75, 3.05) is 52.5 Å². The van der Waals surface area contributed by atoms with Crippen molar-refractivity contribution in [1.82, 2.24) is 14.9 Å². The fraction of sp³-hybridized carbons (Fsp3) is 0.632. The fourth-order valence-electron chi connectivity index (χ4n) is 3.23. The predicted octanol–water partition coefficient (Wildman–Crippen LogP) is 0.157. The molecule has 1 heterocycles. The van der Waals surface area contributed by atoms with E-state index >= 15 is 0 Å². The largest absolute Gasteiger partial charge is 0.370 e. The van der Waals surface area contributed by atoms with Gasteiger partial charge in [0.25, 0.3) is 0 Å². The lowest BCUT2D eigenvalue weighted by molar-refractivity contribution is -0.906. The molecule has 0 amide bonds. The summed E-state index contributed by atoms with van der Waals surface area (Å²) < 4.78 is 32.0. The molecule has 0 spiro atoms. The van der Waals surface area contributed by atoms with E-state index in [4.69, 9.17) is 17.0 Å². The normalized spacial score (nSPS) is 16.7. The van der Waals surface area contributed by atoms with E-state index in [0.717, 1.165) is 45.0 Å². The molecule has 0 aromatic heterocycles. The smallest absolute Gasteiger partial charge is 0.243 e. The van der Waals surface area contributed by atoms with Crippen molar-refractivity contribution in [2.24, 2.45) is 0 Å². The summed E-state index contributed by atoms with van der Waals surface area (Å²) in [5, 5.41) is 7.13. The standard InChI is InChI=1S/C19H32N4O3S2/c1-4-23(5-2)28(24,25)18-8-6-17(7-9-18)16(3)21-19(27)20-10-11-22-12-14-26-15-13-22/h6-9,16H,4-5,10-15H2,1-3H3,(H2,20,21,27)/p+1/t16-/m0/s1. The second-order valence-corrected chi connectivity index (χ2v) is 9.24. The van der Waals surface area contributed by atoms with Gasteiger partial charge in [-0.05, 0) is 36.8 Å². The monoisotopic (exact) mass is 429 g/mol. The van der Waals surface area contributed by atoms with Crippen LogP contribution in [0.1, 0.15) is 32.4 Å². The summed E-state index contributed by atoms with van der Waals surface area (Å²) in [6.07, 6.45) is 0. The van der Waals surface area contributed by atoms with Crippen LogP contribution >= 0.6 is 12.2 Å². The highest BCUT2D eigenvalue weighted by Crippen LogP contribution is 2.19. The van der Waals surface area contributed by atoms with Crippen LogP contribution in [0.4, 0.5) is 0 Å². The van der Waals surface area contributed by atoms with Crippen molar-refractivity contribution in [1.29, 1.82) is 0 Å². The van der Waals surface area contributed by atoms with Gasteiger partial charge in [0.05, 0.1) is 37.2 Å². The van der Waals surface area contributed by atoms with Crippen LogP contribution in [-0.4, -0.2) is 70.3 Å². The lowest BCUT2D eigenvalue weighted by atomic mass is 10.1. The number of ether oxygens (including phenoxy) is 1. The van der Waals surface area contributed by atoms with Gasteiger partial charge in [-0.2, -0.15) is 4.31 Å². The first kappa shape index (κ1) is 23.0. The lowest BCUT2D eigenvalue weighted by Crippen LogP contribution is -3.14. The Balaban J connectivity index is 1.84. The van der Waals surface area contributed by atoms with E-state index < -0.39 is 10.0 Å². The Morgan fingerprint density at radius 1 is 1.21 bits per heavy atom. The van der Waals surface area contributed by atoms with E-state index in [-0.39, 0.29) is 6.04 Å². The first-order chi connectivity index (χ1) is 13.4. The molecule has 1 aliphatic heterocycles. The zero-order valence-corrected chi connectivity index (χ0v) is 18.7. The van der Waals surface area contributed by atoms with E-state index in [9.17, 15) is 8.42 Å². The third-order valence-corrected chi connectivity index (χ3v) is 7.36. The van der Waals surface area contributed by atoms with E-state index in [2.05, 4.69) is 10.6 Å². The van der Waals surface area contributed by atoms with Crippen molar-refractivity contribution in [3.05, 3.63) is 29.8 Å². The van der Waals surface area contributed by atoms with Crippen molar-refractivity contribution < 1.29 is 18.1 Å². The third-order valence-electron chi connectivity index (χ3n) is 5.03. The minimum atomic E-state index is -3.43. The van der Waals surface area contributed by atoms with Gasteiger partial charge in [0, 0.05) is 13.1 Å². The fourth-order valence-corrected chi connectivity index (χ4v) is 4.97. The van der Waals surface area contributed by atoms with Crippen LogP contribution in [0, 0.1) is 0 Å². The Labute approximate surface area is 174 Å². The third kappa shape index (κ3) is 6.38. The number of quaternary nitrogens is 1. The van der Waals surface area contributed by atoms with Gasteiger partial charge < -0.3 is 20.3 Å². The average Bonchev–Trinajstić information content (AvgIpc) is 2.69. The van der Waals surface area contributed by atoms with Crippen LogP contribution in [0.15, 0.2) is 29.2 Å². The quantitative estimate of drug-likeness (QED) is 0.486. The van der Waals surface area contributed by atoms with Crippen LogP contribution in [0.5, 0.6) is 0 Å². The zero-order chi connectivity index (χ0) is 20.6. The highest BCUT2D eigenvalue weighted by atomic mass is 32.2. The number of sulfonamides is 1. The van der Waals surface area contributed by atoms with Gasteiger partial charge in [0.2, 0.25) is 10.0 Å². The van der Waals surface area contributed by atoms with E-state index in [1.165, 1.54) is 9.21 Å². The molecule has 158 valence electrons. The Morgan fingerprint density at radius 3 is 2.39 bits per heavy atom. The number of hydrogen-bond donors (Lipinski definition) is 3. The second-order valence-electron chi connectivity index (χ2n) is 6.89. The molecule has 1 saturated heterocycles. The molecule has 28 heavy (non-hydrogen) atoms. The maximum absolute atomic E-state index is 12.6. The molecular weight excluding hydrogens is 396 g/mol. The van der Waals surface area contributed by atoms with Gasteiger partial charge in [-0.1, -0.05) is 26.0 Å². The molecule has 1 aromatic carbocycles. The number of thiocarbonyl (C=S) groups is 1. The average molecular weight is 430 g/mol. The number of rotatable bonds is 9. The van der Waals surface area contributed by atoms with Crippen molar-refractivity contribution in [2.45, 2.75) is 31.7 Å². The van der Waals surface area contributed by atoms with Crippen molar-refractivity contribution >= 4 is 27.4 Å². The lowest BCUT2D eigenvalue weighted by Gasteiger charge is -2.24. The number of morpholine rings is 1. The number of hydrogen-bond acceptors (Lipinski definition) is 4. The second kappa shape index (κ2) is 11.1. The zero-order valence-electron chi connectivity index (χ0n) is 17.0. The number of nitrogens with one attached hydrogen (secondary N) is 3. The molecule has 2 rings (SSSR count). The highest BCUT2D eigenvalue weighted by Gasteiger charge is 2.21. The van der Waals surface area contributed by atoms with E-state index in [1.54, 1.807) is 12.1 Å². The summed E-state index contributed by atoms with van der Waals surface area (Å²) in [6, 6.07) is 7.00. The maximum atomic E-state index is 12.6. The SMILES string of the molecule is CCN(CC)S(=O)(=O)c1ccc([C@H](C)NC(=S)NCC[NH+]2CCOCC2)cc1. The predicted molar refractivity (Wildman–Crippen MR) is 115 cm³/mol. The molecule has 9 heteroatoms. The molecule has 3 N–H and O–H groups in total. The summed E-state index contributed by atoms with van der Waals surface area (Å²) >= 11 is 5.39. The Bertz CT molecular complexity index is 715. The van der Waals surface area contributed by atoms with Crippen molar-refractivity contribution in [3.63, 3.8) is 0 Å². The van der Waals surface area contributed by atoms with Crippen LogP contribution in [0.2, 0.25) is 0 Å². The molecular formula is C19H33N4O3S2+. The molecule has 0 radical (unpaired) electrons. The minimum absolute atomic E-state index is 0.0130. The molecule has 1 fully saturated rings. The van der Waals surface area contributed by atoms with Crippen LogP contribution in [0.3, 0.4) is 0 Å². The molecule has 0 saturated carbocycles. The summed E-state index contributed by atoms with van der Waals surface area (Å²) in [4.78, 5) is 1.85. The summed E-state index contributed by atoms with van der Waals surface area (Å²) in [5.74, 6) is 0. The number of benzene rings is 1. The first-order valence-electron chi connectivity index (χ1n) is 9.94. The Kier molecular flexibility index (Phi) is 9.10. The highest BCUT2D eigenvalue weighted by molar-refractivity contribution is 7.89. The van der Waals surface area contributed by atoms with Gasteiger partial charge in [0.15, 0.2) is 5.11 Å². The van der Waals surface area contributed by atoms with Gasteiger partial charge in [-0.3, -0.25) is 0 Å². The molecule has 7 nitrogen and oxygen atoms in total.